The Morgan fingerprint density at radius 3 is 2.76 bits per heavy atom. The number of aryl methyl sites for hydroxylation is 3. The van der Waals surface area contributed by atoms with E-state index >= 15 is 0 Å². The van der Waals surface area contributed by atoms with Crippen molar-refractivity contribution in [1.29, 1.82) is 0 Å². The SMILES string of the molecule is COC(=O)Oc1cccc(C)c1CNc1cccn2c(C)c(C)nc12. The number of aromatic nitrogens is 2. The standard InChI is InChI=1S/C19H21N3O3/c1-12-7-5-9-17(25-19(23)24-4)15(12)11-20-16-8-6-10-22-14(3)13(2)21-18(16)22/h5-10,20H,11H2,1-4H3. The minimum atomic E-state index is -0.728. The molecule has 6 heteroatoms. The Morgan fingerprint density at radius 2 is 2.00 bits per heavy atom. The van der Waals surface area contributed by atoms with E-state index in [9.17, 15) is 4.79 Å². The number of nitrogens with zero attached hydrogens (tertiary/aromatic N) is 2. The smallest absolute Gasteiger partial charge is 0.437 e. The van der Waals surface area contributed by atoms with E-state index in [1.807, 2.05) is 51.2 Å². The third-order valence-corrected chi connectivity index (χ3v) is 4.31. The summed E-state index contributed by atoms with van der Waals surface area (Å²) in [6, 6.07) is 9.55. The molecular weight excluding hydrogens is 318 g/mol. The van der Waals surface area contributed by atoms with Crippen LogP contribution in [0.5, 0.6) is 5.75 Å². The van der Waals surface area contributed by atoms with Crippen molar-refractivity contribution in [3.63, 3.8) is 0 Å². The molecule has 130 valence electrons. The lowest BCUT2D eigenvalue weighted by Crippen LogP contribution is -2.11. The fraction of sp³-hybridized carbons (Fsp3) is 0.263. The van der Waals surface area contributed by atoms with Crippen LogP contribution < -0.4 is 10.1 Å². The van der Waals surface area contributed by atoms with Gasteiger partial charge in [0, 0.05) is 24.0 Å². The molecule has 0 saturated carbocycles. The van der Waals surface area contributed by atoms with Crippen LogP contribution in [-0.4, -0.2) is 22.6 Å². The maximum atomic E-state index is 11.5. The van der Waals surface area contributed by atoms with Crippen LogP contribution in [0.1, 0.15) is 22.5 Å². The minimum absolute atomic E-state index is 0.488. The first-order valence-electron chi connectivity index (χ1n) is 8.03. The lowest BCUT2D eigenvalue weighted by atomic mass is 10.1. The van der Waals surface area contributed by atoms with E-state index in [0.29, 0.717) is 12.3 Å². The molecule has 0 bridgehead atoms. The normalized spacial score (nSPS) is 10.7. The van der Waals surface area contributed by atoms with Gasteiger partial charge in [-0.1, -0.05) is 12.1 Å². The largest absolute Gasteiger partial charge is 0.513 e. The quantitative estimate of drug-likeness (QED) is 0.574. The van der Waals surface area contributed by atoms with Gasteiger partial charge in [0.1, 0.15) is 5.75 Å². The number of anilines is 1. The van der Waals surface area contributed by atoms with Crippen LogP contribution in [-0.2, 0) is 11.3 Å². The van der Waals surface area contributed by atoms with E-state index in [4.69, 9.17) is 4.74 Å². The summed E-state index contributed by atoms with van der Waals surface area (Å²) >= 11 is 0. The lowest BCUT2D eigenvalue weighted by molar-refractivity contribution is 0.121. The molecule has 0 unspecified atom stereocenters. The van der Waals surface area contributed by atoms with Gasteiger partial charge >= 0.3 is 6.16 Å². The molecule has 3 aromatic rings. The van der Waals surface area contributed by atoms with Gasteiger partial charge in [-0.2, -0.15) is 0 Å². The zero-order chi connectivity index (χ0) is 18.0. The van der Waals surface area contributed by atoms with Gasteiger partial charge in [-0.3, -0.25) is 0 Å². The highest BCUT2D eigenvalue weighted by atomic mass is 16.7. The van der Waals surface area contributed by atoms with Crippen molar-refractivity contribution in [2.24, 2.45) is 0 Å². The highest BCUT2D eigenvalue weighted by Crippen LogP contribution is 2.25. The van der Waals surface area contributed by atoms with E-state index < -0.39 is 6.16 Å². The number of carbonyl (C=O) groups is 1. The Morgan fingerprint density at radius 1 is 1.20 bits per heavy atom. The summed E-state index contributed by atoms with van der Waals surface area (Å²) in [5, 5.41) is 3.40. The monoisotopic (exact) mass is 339 g/mol. The molecule has 0 aliphatic heterocycles. The third kappa shape index (κ3) is 3.28. The summed E-state index contributed by atoms with van der Waals surface area (Å²) in [4.78, 5) is 16.1. The van der Waals surface area contributed by atoms with Crippen LogP contribution in [0, 0.1) is 20.8 Å². The Bertz CT molecular complexity index is 931. The highest BCUT2D eigenvalue weighted by Gasteiger charge is 2.13. The van der Waals surface area contributed by atoms with Gasteiger partial charge in [-0.05, 0) is 44.5 Å². The topological polar surface area (TPSA) is 64.9 Å². The molecule has 0 radical (unpaired) electrons. The van der Waals surface area contributed by atoms with Gasteiger partial charge in [-0.15, -0.1) is 0 Å². The predicted octanol–water partition coefficient (Wildman–Crippen LogP) is 4.02. The second-order valence-corrected chi connectivity index (χ2v) is 5.86. The average molecular weight is 339 g/mol. The van der Waals surface area contributed by atoms with Gasteiger partial charge in [0.15, 0.2) is 5.65 Å². The number of methoxy groups -OCH3 is 1. The number of benzene rings is 1. The van der Waals surface area contributed by atoms with E-state index in [2.05, 4.69) is 19.4 Å². The molecule has 25 heavy (non-hydrogen) atoms. The summed E-state index contributed by atoms with van der Waals surface area (Å²) < 4.78 is 11.9. The minimum Gasteiger partial charge on any atom is -0.437 e. The van der Waals surface area contributed by atoms with Crippen LogP contribution in [0.25, 0.3) is 5.65 Å². The van der Waals surface area contributed by atoms with Crippen molar-refractivity contribution in [2.45, 2.75) is 27.3 Å². The van der Waals surface area contributed by atoms with Crippen LogP contribution >= 0.6 is 0 Å². The maximum absolute atomic E-state index is 11.5. The van der Waals surface area contributed by atoms with Crippen molar-refractivity contribution in [2.75, 3.05) is 12.4 Å². The Hall–Kier alpha value is -3.02. The van der Waals surface area contributed by atoms with Crippen LogP contribution in [0.4, 0.5) is 10.5 Å². The van der Waals surface area contributed by atoms with Crippen molar-refractivity contribution < 1.29 is 14.3 Å². The number of fused-ring (bicyclic) bond motifs is 1. The molecular formula is C19H21N3O3. The number of nitrogens with one attached hydrogen (secondary N) is 1. The molecule has 2 aromatic heterocycles. The molecule has 1 N–H and O–H groups in total. The summed E-state index contributed by atoms with van der Waals surface area (Å²) in [6.07, 6.45) is 1.27. The summed E-state index contributed by atoms with van der Waals surface area (Å²) in [5.74, 6) is 0.488. The second kappa shape index (κ2) is 6.84. The summed E-state index contributed by atoms with van der Waals surface area (Å²) in [7, 11) is 1.29. The van der Waals surface area contributed by atoms with E-state index in [0.717, 1.165) is 33.8 Å². The number of hydrogen-bond donors (Lipinski definition) is 1. The first-order chi connectivity index (χ1) is 12.0. The summed E-state index contributed by atoms with van der Waals surface area (Å²) in [6.45, 7) is 6.52. The number of pyridine rings is 1. The third-order valence-electron chi connectivity index (χ3n) is 4.31. The molecule has 0 saturated heterocycles. The first-order valence-corrected chi connectivity index (χ1v) is 8.03. The number of imidazole rings is 1. The summed E-state index contributed by atoms with van der Waals surface area (Å²) in [5.41, 5.74) is 5.84. The van der Waals surface area contributed by atoms with E-state index in [1.54, 1.807) is 6.07 Å². The van der Waals surface area contributed by atoms with Crippen LogP contribution in [0.15, 0.2) is 36.5 Å². The van der Waals surface area contributed by atoms with E-state index in [-0.39, 0.29) is 0 Å². The molecule has 2 heterocycles. The highest BCUT2D eigenvalue weighted by molar-refractivity contribution is 5.69. The first kappa shape index (κ1) is 16.8. The fourth-order valence-electron chi connectivity index (χ4n) is 2.75. The zero-order valence-corrected chi connectivity index (χ0v) is 14.8. The molecule has 0 atom stereocenters. The number of hydrogen-bond acceptors (Lipinski definition) is 5. The lowest BCUT2D eigenvalue weighted by Gasteiger charge is -2.14. The number of carbonyl (C=O) groups excluding carboxylic acids is 1. The van der Waals surface area contributed by atoms with Gasteiger partial charge < -0.3 is 19.2 Å². The second-order valence-electron chi connectivity index (χ2n) is 5.86. The van der Waals surface area contributed by atoms with Crippen LogP contribution in [0.2, 0.25) is 0 Å². The number of ether oxygens (including phenoxy) is 2. The molecule has 0 spiro atoms. The van der Waals surface area contributed by atoms with Gasteiger partial charge in [0.2, 0.25) is 0 Å². The van der Waals surface area contributed by atoms with Crippen molar-refractivity contribution in [3.8, 4) is 5.75 Å². The molecule has 0 aliphatic rings. The van der Waals surface area contributed by atoms with Crippen molar-refractivity contribution >= 4 is 17.5 Å². The van der Waals surface area contributed by atoms with Crippen molar-refractivity contribution in [3.05, 3.63) is 59.0 Å². The molecule has 0 fully saturated rings. The number of rotatable bonds is 4. The molecule has 6 nitrogen and oxygen atoms in total. The predicted molar refractivity (Wildman–Crippen MR) is 96.2 cm³/mol. The van der Waals surface area contributed by atoms with Gasteiger partial charge in [0.05, 0.1) is 18.5 Å². The Kier molecular flexibility index (Phi) is 4.61. The van der Waals surface area contributed by atoms with Gasteiger partial charge in [-0.25, -0.2) is 9.78 Å². The zero-order valence-electron chi connectivity index (χ0n) is 14.8. The van der Waals surface area contributed by atoms with Gasteiger partial charge in [0.25, 0.3) is 0 Å². The van der Waals surface area contributed by atoms with E-state index in [1.165, 1.54) is 7.11 Å². The maximum Gasteiger partial charge on any atom is 0.513 e. The molecule has 1 aromatic carbocycles. The van der Waals surface area contributed by atoms with Crippen LogP contribution in [0.3, 0.4) is 0 Å². The molecule has 0 aliphatic carbocycles. The fourth-order valence-corrected chi connectivity index (χ4v) is 2.75. The Labute approximate surface area is 146 Å². The Balaban J connectivity index is 1.90. The molecule has 3 rings (SSSR count). The molecule has 0 amide bonds. The van der Waals surface area contributed by atoms with Crippen molar-refractivity contribution in [1.82, 2.24) is 9.38 Å². The average Bonchev–Trinajstić information content (AvgIpc) is 2.89.